The van der Waals surface area contributed by atoms with E-state index in [1.165, 1.54) is 4.88 Å². The summed E-state index contributed by atoms with van der Waals surface area (Å²) in [6.45, 7) is 1.49. The van der Waals surface area contributed by atoms with Gasteiger partial charge in [0.2, 0.25) is 5.91 Å². The molecule has 126 valence electrons. The average molecular weight is 351 g/mol. The van der Waals surface area contributed by atoms with Crippen LogP contribution in [0.3, 0.4) is 0 Å². The van der Waals surface area contributed by atoms with Crippen LogP contribution in [0, 0.1) is 11.3 Å². The summed E-state index contributed by atoms with van der Waals surface area (Å²) in [5, 5.41) is 13.7. The molecule has 0 unspecified atom stereocenters. The first kappa shape index (κ1) is 17.0. The first-order valence-electron chi connectivity index (χ1n) is 7.80. The number of anilines is 1. The molecule has 2 aromatic heterocycles. The van der Waals surface area contributed by atoms with Crippen LogP contribution in [0.2, 0.25) is 0 Å². The highest BCUT2D eigenvalue weighted by molar-refractivity contribution is 7.09. The number of nitrogens with one attached hydrogen (secondary N) is 1. The summed E-state index contributed by atoms with van der Waals surface area (Å²) in [4.78, 5) is 15.6. The Morgan fingerprint density at radius 2 is 2.00 bits per heavy atom. The van der Waals surface area contributed by atoms with Gasteiger partial charge in [0, 0.05) is 17.1 Å². The summed E-state index contributed by atoms with van der Waals surface area (Å²) in [7, 11) is 0. The molecule has 0 radical (unpaired) electrons. The number of amides is 1. The zero-order chi connectivity index (χ0) is 17.5. The van der Waals surface area contributed by atoms with Gasteiger partial charge in [0.1, 0.15) is 5.76 Å². The van der Waals surface area contributed by atoms with E-state index in [9.17, 15) is 4.79 Å². The Kier molecular flexibility index (Phi) is 5.62. The number of rotatable bonds is 7. The normalized spacial score (nSPS) is 10.6. The summed E-state index contributed by atoms with van der Waals surface area (Å²) in [6.07, 6.45) is 1.63. The number of carbonyl (C=O) groups excluding carboxylic acids is 1. The van der Waals surface area contributed by atoms with Crippen LogP contribution >= 0.6 is 11.3 Å². The predicted octanol–water partition coefficient (Wildman–Crippen LogP) is 3.85. The zero-order valence-electron chi connectivity index (χ0n) is 13.5. The second kappa shape index (κ2) is 8.29. The van der Waals surface area contributed by atoms with Gasteiger partial charge < -0.3 is 9.73 Å². The summed E-state index contributed by atoms with van der Waals surface area (Å²) in [5.74, 6) is 0.718. The number of nitrogens with zero attached hydrogens (tertiary/aromatic N) is 2. The van der Waals surface area contributed by atoms with Crippen molar-refractivity contribution < 1.29 is 9.21 Å². The molecule has 0 fully saturated rings. The molecule has 0 saturated carbocycles. The van der Waals surface area contributed by atoms with E-state index < -0.39 is 0 Å². The summed E-state index contributed by atoms with van der Waals surface area (Å²) in [5.41, 5.74) is 1.24. The van der Waals surface area contributed by atoms with Gasteiger partial charge >= 0.3 is 0 Å². The maximum Gasteiger partial charge on any atom is 0.238 e. The fourth-order valence-corrected chi connectivity index (χ4v) is 3.19. The molecule has 0 bridgehead atoms. The Morgan fingerprint density at radius 3 is 2.64 bits per heavy atom. The quantitative estimate of drug-likeness (QED) is 0.702. The van der Waals surface area contributed by atoms with E-state index in [1.54, 1.807) is 41.9 Å². The third-order valence-corrected chi connectivity index (χ3v) is 4.45. The van der Waals surface area contributed by atoms with Gasteiger partial charge in [-0.1, -0.05) is 6.07 Å². The van der Waals surface area contributed by atoms with Crippen LogP contribution in [0.25, 0.3) is 0 Å². The summed E-state index contributed by atoms with van der Waals surface area (Å²) >= 11 is 1.66. The van der Waals surface area contributed by atoms with Crippen molar-refractivity contribution in [3.05, 3.63) is 76.4 Å². The van der Waals surface area contributed by atoms with Crippen LogP contribution in [-0.2, 0) is 17.9 Å². The number of nitriles is 1. The maximum atomic E-state index is 12.4. The summed E-state index contributed by atoms with van der Waals surface area (Å²) in [6, 6.07) is 16.7. The van der Waals surface area contributed by atoms with Crippen molar-refractivity contribution in [2.45, 2.75) is 13.1 Å². The fourth-order valence-electron chi connectivity index (χ4n) is 2.45. The lowest BCUT2D eigenvalue weighted by Crippen LogP contribution is -2.32. The van der Waals surface area contributed by atoms with E-state index in [2.05, 4.69) is 17.5 Å². The molecule has 0 atom stereocenters. The van der Waals surface area contributed by atoms with E-state index in [-0.39, 0.29) is 12.5 Å². The monoisotopic (exact) mass is 351 g/mol. The number of furan rings is 1. The molecule has 0 aliphatic rings. The SMILES string of the molecule is N#Cc1ccc(NC(=O)CN(Cc2ccco2)Cc2cccs2)cc1. The highest BCUT2D eigenvalue weighted by Crippen LogP contribution is 2.15. The lowest BCUT2D eigenvalue weighted by molar-refractivity contribution is -0.117. The van der Waals surface area contributed by atoms with Crippen LogP contribution in [0.15, 0.2) is 64.6 Å². The topological polar surface area (TPSA) is 69.3 Å². The zero-order valence-corrected chi connectivity index (χ0v) is 14.3. The second-order valence-electron chi connectivity index (χ2n) is 5.54. The van der Waals surface area contributed by atoms with Crippen molar-refractivity contribution >= 4 is 22.9 Å². The fraction of sp³-hybridized carbons (Fsp3) is 0.158. The van der Waals surface area contributed by atoms with Crippen molar-refractivity contribution in [2.75, 3.05) is 11.9 Å². The van der Waals surface area contributed by atoms with Crippen molar-refractivity contribution in [1.82, 2.24) is 4.90 Å². The third kappa shape index (κ3) is 5.05. The minimum Gasteiger partial charge on any atom is -0.468 e. The largest absolute Gasteiger partial charge is 0.468 e. The smallest absolute Gasteiger partial charge is 0.238 e. The Balaban J connectivity index is 1.63. The number of hydrogen-bond acceptors (Lipinski definition) is 5. The van der Waals surface area contributed by atoms with Crippen LogP contribution in [0.5, 0.6) is 0 Å². The van der Waals surface area contributed by atoms with Gasteiger partial charge in [-0.15, -0.1) is 11.3 Å². The van der Waals surface area contributed by atoms with Crippen molar-refractivity contribution in [1.29, 1.82) is 5.26 Å². The number of carbonyl (C=O) groups is 1. The van der Waals surface area contributed by atoms with E-state index in [4.69, 9.17) is 9.68 Å². The van der Waals surface area contributed by atoms with Gasteiger partial charge in [-0.3, -0.25) is 9.69 Å². The number of benzene rings is 1. The van der Waals surface area contributed by atoms with E-state index >= 15 is 0 Å². The maximum absolute atomic E-state index is 12.4. The molecule has 0 spiro atoms. The van der Waals surface area contributed by atoms with Crippen LogP contribution < -0.4 is 5.32 Å². The standard InChI is InChI=1S/C19H17N3O2S/c20-11-15-5-7-16(8-6-15)21-19(23)14-22(12-17-3-1-9-24-17)13-18-4-2-10-25-18/h1-10H,12-14H2,(H,21,23). The molecule has 6 heteroatoms. The third-order valence-electron chi connectivity index (χ3n) is 3.58. The molecule has 3 aromatic rings. The van der Waals surface area contributed by atoms with Crippen molar-refractivity contribution in [3.8, 4) is 6.07 Å². The van der Waals surface area contributed by atoms with Crippen LogP contribution in [-0.4, -0.2) is 17.4 Å². The van der Waals surface area contributed by atoms with Gasteiger partial charge in [0.05, 0.1) is 31.0 Å². The Hall–Kier alpha value is -2.88. The first-order valence-corrected chi connectivity index (χ1v) is 8.68. The highest BCUT2D eigenvalue weighted by Gasteiger charge is 2.14. The molecule has 5 nitrogen and oxygen atoms in total. The Labute approximate surface area is 150 Å². The molecule has 0 aliphatic carbocycles. The van der Waals surface area contributed by atoms with Crippen molar-refractivity contribution in [2.24, 2.45) is 0 Å². The van der Waals surface area contributed by atoms with E-state index in [0.29, 0.717) is 24.3 Å². The van der Waals surface area contributed by atoms with Crippen LogP contribution in [0.1, 0.15) is 16.2 Å². The van der Waals surface area contributed by atoms with Crippen LogP contribution in [0.4, 0.5) is 5.69 Å². The molecule has 25 heavy (non-hydrogen) atoms. The summed E-state index contributed by atoms with van der Waals surface area (Å²) < 4.78 is 5.41. The van der Waals surface area contributed by atoms with Crippen molar-refractivity contribution in [3.63, 3.8) is 0 Å². The first-order chi connectivity index (χ1) is 12.2. The van der Waals surface area contributed by atoms with E-state index in [0.717, 1.165) is 5.76 Å². The molecule has 2 heterocycles. The number of thiophene rings is 1. The van der Waals surface area contributed by atoms with Gasteiger partial charge in [0.15, 0.2) is 0 Å². The second-order valence-corrected chi connectivity index (χ2v) is 6.57. The van der Waals surface area contributed by atoms with Gasteiger partial charge in [-0.25, -0.2) is 0 Å². The lowest BCUT2D eigenvalue weighted by Gasteiger charge is -2.20. The average Bonchev–Trinajstić information content (AvgIpc) is 3.29. The molecule has 0 aliphatic heterocycles. The molecule has 3 rings (SSSR count). The Bertz CT molecular complexity index is 798. The number of hydrogen-bond donors (Lipinski definition) is 1. The minimum atomic E-state index is -0.104. The molecular formula is C19H17N3O2S. The van der Waals surface area contributed by atoms with Gasteiger partial charge in [-0.2, -0.15) is 5.26 Å². The minimum absolute atomic E-state index is 0.104. The lowest BCUT2D eigenvalue weighted by atomic mass is 10.2. The molecule has 1 amide bonds. The van der Waals surface area contributed by atoms with Gasteiger partial charge in [-0.05, 0) is 47.8 Å². The Morgan fingerprint density at radius 1 is 1.16 bits per heavy atom. The molecular weight excluding hydrogens is 334 g/mol. The molecule has 1 N–H and O–H groups in total. The van der Waals surface area contributed by atoms with E-state index in [1.807, 2.05) is 28.5 Å². The highest BCUT2D eigenvalue weighted by atomic mass is 32.1. The predicted molar refractivity (Wildman–Crippen MR) is 96.9 cm³/mol. The van der Waals surface area contributed by atoms with Gasteiger partial charge in [0.25, 0.3) is 0 Å². The molecule has 0 saturated heterocycles. The molecule has 1 aromatic carbocycles.